The van der Waals surface area contributed by atoms with E-state index in [1.807, 2.05) is 30.3 Å². The van der Waals surface area contributed by atoms with Crippen molar-refractivity contribution in [2.75, 3.05) is 5.32 Å². The van der Waals surface area contributed by atoms with Gasteiger partial charge in [0.1, 0.15) is 5.82 Å². The van der Waals surface area contributed by atoms with E-state index in [0.717, 1.165) is 12.8 Å². The first-order valence-electron chi connectivity index (χ1n) is 10.8. The molecule has 0 aliphatic carbocycles. The lowest BCUT2D eigenvalue weighted by atomic mass is 10.1. The van der Waals surface area contributed by atoms with Gasteiger partial charge in [-0.2, -0.15) is 0 Å². The van der Waals surface area contributed by atoms with Crippen LogP contribution in [0.3, 0.4) is 0 Å². The molecular formula is C26H24FN3O2S. The minimum atomic E-state index is -0.585. The molecule has 3 aromatic carbocycles. The molecule has 168 valence electrons. The molecule has 1 unspecified atom stereocenters. The zero-order valence-electron chi connectivity index (χ0n) is 18.2. The average molecular weight is 462 g/mol. The number of rotatable bonds is 8. The van der Waals surface area contributed by atoms with Gasteiger partial charge in [0.05, 0.1) is 21.8 Å². The number of benzene rings is 3. The Morgan fingerprint density at radius 2 is 1.73 bits per heavy atom. The Morgan fingerprint density at radius 3 is 2.52 bits per heavy atom. The smallest absolute Gasteiger partial charge is 0.262 e. The molecule has 0 aliphatic rings. The third-order valence-corrected chi connectivity index (χ3v) is 6.39. The number of halogens is 1. The minimum absolute atomic E-state index is 0.127. The molecular weight excluding hydrogens is 437 g/mol. The van der Waals surface area contributed by atoms with Crippen molar-refractivity contribution in [2.24, 2.45) is 0 Å². The predicted molar refractivity (Wildman–Crippen MR) is 131 cm³/mol. The van der Waals surface area contributed by atoms with Gasteiger partial charge < -0.3 is 5.32 Å². The summed E-state index contributed by atoms with van der Waals surface area (Å²) in [5.41, 5.74) is 1.79. The molecule has 1 N–H and O–H groups in total. The van der Waals surface area contributed by atoms with Crippen molar-refractivity contribution in [3.63, 3.8) is 0 Å². The van der Waals surface area contributed by atoms with Crippen LogP contribution < -0.4 is 10.9 Å². The summed E-state index contributed by atoms with van der Waals surface area (Å²) >= 11 is 1.20. The lowest BCUT2D eigenvalue weighted by Gasteiger charge is -2.16. The van der Waals surface area contributed by atoms with E-state index in [1.165, 1.54) is 29.5 Å². The number of thioether (sulfide) groups is 1. The van der Waals surface area contributed by atoms with E-state index in [9.17, 15) is 14.0 Å². The second-order valence-corrected chi connectivity index (χ2v) is 8.99. The van der Waals surface area contributed by atoms with Gasteiger partial charge in [0.15, 0.2) is 5.16 Å². The minimum Gasteiger partial charge on any atom is -0.323 e. The van der Waals surface area contributed by atoms with E-state index in [2.05, 4.69) is 22.4 Å². The van der Waals surface area contributed by atoms with Crippen LogP contribution in [0.25, 0.3) is 10.9 Å². The second-order valence-electron chi connectivity index (χ2n) is 7.69. The van der Waals surface area contributed by atoms with Crippen molar-refractivity contribution in [2.45, 2.75) is 36.7 Å². The molecule has 0 spiro atoms. The number of anilines is 1. The van der Waals surface area contributed by atoms with E-state index in [0.29, 0.717) is 22.6 Å². The average Bonchev–Trinajstić information content (AvgIpc) is 2.83. The van der Waals surface area contributed by atoms with E-state index >= 15 is 0 Å². The highest BCUT2D eigenvalue weighted by Gasteiger charge is 2.20. The monoisotopic (exact) mass is 461 g/mol. The van der Waals surface area contributed by atoms with Crippen molar-refractivity contribution < 1.29 is 9.18 Å². The quantitative estimate of drug-likeness (QED) is 0.286. The molecule has 0 saturated carbocycles. The number of nitrogens with zero attached hydrogens (tertiary/aromatic N) is 2. The molecule has 0 radical (unpaired) electrons. The largest absolute Gasteiger partial charge is 0.323 e. The van der Waals surface area contributed by atoms with E-state index < -0.39 is 11.1 Å². The van der Waals surface area contributed by atoms with Gasteiger partial charge in [-0.15, -0.1) is 0 Å². The summed E-state index contributed by atoms with van der Waals surface area (Å²) in [6.45, 7) is 2.20. The molecule has 5 nitrogen and oxygen atoms in total. The Balaban J connectivity index is 1.57. The van der Waals surface area contributed by atoms with Crippen LogP contribution in [0.5, 0.6) is 0 Å². The fourth-order valence-electron chi connectivity index (χ4n) is 3.53. The van der Waals surface area contributed by atoms with Gasteiger partial charge in [-0.25, -0.2) is 9.37 Å². The number of nitrogens with one attached hydrogen (secondary N) is 1. The molecule has 4 rings (SSSR count). The Hall–Kier alpha value is -3.45. The number of aromatic nitrogens is 2. The normalized spacial score (nSPS) is 11.9. The van der Waals surface area contributed by atoms with Crippen LogP contribution in [0.15, 0.2) is 88.8 Å². The van der Waals surface area contributed by atoms with Gasteiger partial charge in [0.25, 0.3) is 5.56 Å². The number of hydrogen-bond acceptors (Lipinski definition) is 4. The van der Waals surface area contributed by atoms with Gasteiger partial charge in [-0.1, -0.05) is 66.4 Å². The molecule has 0 fully saturated rings. The second kappa shape index (κ2) is 10.4. The molecule has 1 heterocycles. The summed E-state index contributed by atoms with van der Waals surface area (Å²) in [4.78, 5) is 30.6. The van der Waals surface area contributed by atoms with Gasteiger partial charge in [0.2, 0.25) is 5.91 Å². The maximum absolute atomic E-state index is 13.9. The van der Waals surface area contributed by atoms with Crippen LogP contribution >= 0.6 is 11.8 Å². The van der Waals surface area contributed by atoms with Crippen LogP contribution in [0, 0.1) is 5.82 Å². The number of carbonyl (C=O) groups is 1. The molecule has 33 heavy (non-hydrogen) atoms. The Labute approximate surface area is 195 Å². The van der Waals surface area contributed by atoms with Gasteiger partial charge in [0, 0.05) is 6.54 Å². The Bertz CT molecular complexity index is 1320. The number of para-hydroxylation sites is 2. The molecule has 4 aromatic rings. The third kappa shape index (κ3) is 5.49. The van der Waals surface area contributed by atoms with Crippen LogP contribution in [0.1, 0.15) is 18.9 Å². The lowest BCUT2D eigenvalue weighted by Crippen LogP contribution is -2.27. The highest BCUT2D eigenvalue weighted by molar-refractivity contribution is 8.00. The first kappa shape index (κ1) is 22.7. The molecule has 0 bridgehead atoms. The zero-order valence-corrected chi connectivity index (χ0v) is 19.0. The van der Waals surface area contributed by atoms with Crippen molar-refractivity contribution in [1.29, 1.82) is 0 Å². The summed E-state index contributed by atoms with van der Waals surface area (Å²) in [6, 6.07) is 23.3. The van der Waals surface area contributed by atoms with E-state index in [1.54, 1.807) is 35.8 Å². The number of carbonyl (C=O) groups excluding carboxylic acids is 1. The van der Waals surface area contributed by atoms with Crippen LogP contribution in [0.4, 0.5) is 10.1 Å². The summed E-state index contributed by atoms with van der Waals surface area (Å²) in [5, 5.41) is 3.05. The highest BCUT2D eigenvalue weighted by atomic mass is 32.2. The summed E-state index contributed by atoms with van der Waals surface area (Å²) in [5.74, 6) is -0.854. The van der Waals surface area contributed by atoms with Gasteiger partial charge >= 0.3 is 0 Å². The molecule has 1 amide bonds. The Morgan fingerprint density at radius 1 is 1.03 bits per heavy atom. The summed E-state index contributed by atoms with van der Waals surface area (Å²) in [6.07, 6.45) is 1.58. The first-order valence-corrected chi connectivity index (χ1v) is 11.7. The lowest BCUT2D eigenvalue weighted by molar-refractivity contribution is -0.115. The van der Waals surface area contributed by atoms with Gasteiger partial charge in [-0.05, 0) is 49.6 Å². The van der Waals surface area contributed by atoms with Crippen molar-refractivity contribution in [3.8, 4) is 0 Å². The Kier molecular flexibility index (Phi) is 7.19. The predicted octanol–water partition coefficient (Wildman–Crippen LogP) is 5.29. The fourth-order valence-corrected chi connectivity index (χ4v) is 4.46. The summed E-state index contributed by atoms with van der Waals surface area (Å²) in [7, 11) is 0. The SMILES string of the molecule is CC(Sc1nc2ccccc2c(=O)n1CCCc1ccccc1)C(=O)Nc1ccccc1F. The molecule has 1 aromatic heterocycles. The van der Waals surface area contributed by atoms with Crippen molar-refractivity contribution in [1.82, 2.24) is 9.55 Å². The maximum atomic E-state index is 13.9. The standard InChI is InChI=1S/C26H24FN3O2S/c1-18(24(31)28-23-16-8-6-14-21(23)27)33-26-29-22-15-7-5-13-20(22)25(32)30(26)17-9-12-19-10-3-2-4-11-19/h2-8,10-11,13-16,18H,9,12,17H2,1H3,(H,28,31). The van der Waals surface area contributed by atoms with Crippen LogP contribution in [0.2, 0.25) is 0 Å². The fraction of sp³-hybridized carbons (Fsp3) is 0.192. The van der Waals surface area contributed by atoms with E-state index in [4.69, 9.17) is 0 Å². The maximum Gasteiger partial charge on any atom is 0.262 e. The first-order chi connectivity index (χ1) is 16.0. The molecule has 0 saturated heterocycles. The number of fused-ring (bicyclic) bond motifs is 1. The summed E-state index contributed by atoms with van der Waals surface area (Å²) < 4.78 is 15.6. The topological polar surface area (TPSA) is 64.0 Å². The van der Waals surface area contributed by atoms with Crippen LogP contribution in [-0.4, -0.2) is 20.7 Å². The van der Waals surface area contributed by atoms with E-state index in [-0.39, 0.29) is 17.2 Å². The zero-order chi connectivity index (χ0) is 23.2. The number of hydrogen-bond donors (Lipinski definition) is 1. The van der Waals surface area contributed by atoms with Gasteiger partial charge in [-0.3, -0.25) is 14.2 Å². The molecule has 0 aliphatic heterocycles. The molecule has 1 atom stereocenters. The third-order valence-electron chi connectivity index (χ3n) is 5.30. The highest BCUT2D eigenvalue weighted by Crippen LogP contribution is 2.24. The van der Waals surface area contributed by atoms with Crippen molar-refractivity contribution >= 4 is 34.3 Å². The van der Waals surface area contributed by atoms with Crippen molar-refractivity contribution in [3.05, 3.63) is 101 Å². The van der Waals surface area contributed by atoms with Crippen LogP contribution in [-0.2, 0) is 17.8 Å². The number of aryl methyl sites for hydroxylation is 1. The number of amides is 1. The molecule has 7 heteroatoms.